The molecule has 0 fully saturated rings. The zero-order chi connectivity index (χ0) is 18.2. The highest BCUT2D eigenvalue weighted by Crippen LogP contribution is 2.12. The molecule has 2 rings (SSSR count). The molecule has 0 bridgehead atoms. The molecule has 0 saturated heterocycles. The number of rotatable bonds is 4. The van der Waals surface area contributed by atoms with Crippen LogP contribution in [0.4, 0.5) is 23.0 Å². The van der Waals surface area contributed by atoms with Crippen LogP contribution in [0.5, 0.6) is 0 Å². The fourth-order valence-electron chi connectivity index (χ4n) is 1.51. The third-order valence-electron chi connectivity index (χ3n) is 2.50. The summed E-state index contributed by atoms with van der Waals surface area (Å²) in [5.74, 6) is -0.203. The summed E-state index contributed by atoms with van der Waals surface area (Å²) in [6, 6.07) is 11.1. The summed E-state index contributed by atoms with van der Waals surface area (Å²) in [6.45, 7) is 0. The molecule has 1 heterocycles. The predicted molar refractivity (Wildman–Crippen MR) is 79.6 cm³/mol. The summed E-state index contributed by atoms with van der Waals surface area (Å²) >= 11 is 0. The Bertz CT molecular complexity index is 713. The predicted octanol–water partition coefficient (Wildman–Crippen LogP) is 3.54. The zero-order valence-corrected chi connectivity index (χ0v) is 12.1. The van der Waals surface area contributed by atoms with E-state index in [0.717, 1.165) is 0 Å². The molecule has 0 spiro atoms. The Morgan fingerprint density at radius 1 is 1.04 bits per heavy atom. The third-order valence-corrected chi connectivity index (χ3v) is 2.50. The number of hydrogen-bond acceptors (Lipinski definition) is 3. The minimum absolute atomic E-state index is 0.0297. The lowest BCUT2D eigenvalue weighted by molar-refractivity contribution is -0.568. The second-order valence-electron chi connectivity index (χ2n) is 4.30. The number of halogens is 4. The van der Waals surface area contributed by atoms with Crippen molar-refractivity contribution in [2.75, 3.05) is 0 Å². The highest BCUT2D eigenvalue weighted by atomic mass is 19.5. The van der Waals surface area contributed by atoms with Crippen molar-refractivity contribution >= 4 is 24.9 Å². The summed E-state index contributed by atoms with van der Waals surface area (Å²) in [5, 5.41) is 10.5. The number of hydrogen-bond donors (Lipinski definition) is 0. The number of carbonyl (C=O) groups is 1. The van der Waals surface area contributed by atoms with Crippen molar-refractivity contribution < 1.29 is 31.5 Å². The number of nitro groups is 1. The Morgan fingerprint density at radius 2 is 1.54 bits per heavy atom. The van der Waals surface area contributed by atoms with E-state index in [2.05, 4.69) is 0 Å². The third kappa shape index (κ3) is 7.83. The van der Waals surface area contributed by atoms with Gasteiger partial charge in [0.25, 0.3) is 5.69 Å². The molecule has 0 unspecified atom stereocenters. The fourth-order valence-corrected chi connectivity index (χ4v) is 1.51. The van der Waals surface area contributed by atoms with E-state index in [-0.39, 0.29) is 11.5 Å². The number of benzene rings is 1. The SMILES string of the molecule is F[B-](F)(F)F.O=C(/C=C/[n+]1ccccc1)c1ccc([N+](=O)[O-])cc1. The van der Waals surface area contributed by atoms with Gasteiger partial charge in [-0.1, -0.05) is 6.07 Å². The summed E-state index contributed by atoms with van der Waals surface area (Å²) in [4.78, 5) is 21.8. The van der Waals surface area contributed by atoms with Crippen LogP contribution in [0.2, 0.25) is 0 Å². The average molecular weight is 342 g/mol. The molecule has 0 N–H and O–H groups in total. The smallest absolute Gasteiger partial charge is 0.418 e. The molecule has 10 heteroatoms. The maximum absolute atomic E-state index is 11.8. The van der Waals surface area contributed by atoms with Crippen LogP contribution >= 0.6 is 0 Å². The van der Waals surface area contributed by atoms with Crippen molar-refractivity contribution in [1.82, 2.24) is 0 Å². The molecule has 5 nitrogen and oxygen atoms in total. The summed E-state index contributed by atoms with van der Waals surface area (Å²) in [7, 11) is -6.00. The van der Waals surface area contributed by atoms with Gasteiger partial charge in [-0.3, -0.25) is 14.9 Å². The number of allylic oxidation sites excluding steroid dienone is 1. The van der Waals surface area contributed by atoms with Gasteiger partial charge in [0.15, 0.2) is 24.4 Å². The molecule has 126 valence electrons. The highest BCUT2D eigenvalue weighted by Gasteiger charge is 2.20. The molecule has 1 aromatic carbocycles. The van der Waals surface area contributed by atoms with Crippen molar-refractivity contribution in [3.63, 3.8) is 0 Å². The maximum atomic E-state index is 11.8. The van der Waals surface area contributed by atoms with E-state index in [1.165, 1.54) is 30.3 Å². The van der Waals surface area contributed by atoms with Crippen LogP contribution in [-0.4, -0.2) is 18.0 Å². The molecular weight excluding hydrogens is 331 g/mol. The average Bonchev–Trinajstić information content (AvgIpc) is 2.52. The Morgan fingerprint density at radius 3 is 2.00 bits per heavy atom. The number of non-ortho nitro benzene ring substituents is 1. The van der Waals surface area contributed by atoms with Gasteiger partial charge in [-0.2, -0.15) is 4.57 Å². The van der Waals surface area contributed by atoms with Gasteiger partial charge in [0.05, 0.1) is 11.0 Å². The van der Waals surface area contributed by atoms with Crippen LogP contribution in [0.25, 0.3) is 6.20 Å². The van der Waals surface area contributed by atoms with E-state index >= 15 is 0 Å². The second-order valence-corrected chi connectivity index (χ2v) is 4.30. The molecule has 1 aromatic heterocycles. The van der Waals surface area contributed by atoms with Crippen molar-refractivity contribution in [2.45, 2.75) is 0 Å². The second kappa shape index (κ2) is 8.56. The molecule has 0 aliphatic heterocycles. The van der Waals surface area contributed by atoms with Crippen molar-refractivity contribution in [1.29, 1.82) is 0 Å². The lowest BCUT2D eigenvalue weighted by atomic mass is 10.1. The largest absolute Gasteiger partial charge is 0.673 e. The molecule has 0 aliphatic carbocycles. The standard InChI is InChI=1S/C14H11N2O3.BF4/c17-14(8-11-15-9-2-1-3-10-15)12-4-6-13(7-5-12)16(18)19;2-1(3,4)5/h1-11H;/q+1;-1/b11-8+;. The normalized spacial score (nSPS) is 10.8. The van der Waals surface area contributed by atoms with Crippen LogP contribution in [0.3, 0.4) is 0 Å². The van der Waals surface area contributed by atoms with Crippen LogP contribution in [0.1, 0.15) is 10.4 Å². The van der Waals surface area contributed by atoms with Crippen LogP contribution in [0, 0.1) is 10.1 Å². The van der Waals surface area contributed by atoms with Gasteiger partial charge in [0, 0.05) is 29.8 Å². The van der Waals surface area contributed by atoms with Gasteiger partial charge in [-0.05, 0) is 12.1 Å². The van der Waals surface area contributed by atoms with E-state index in [1.807, 2.05) is 18.2 Å². The molecule has 0 radical (unpaired) electrons. The lowest BCUT2D eigenvalue weighted by Crippen LogP contribution is -2.23. The molecule has 0 saturated carbocycles. The Balaban J connectivity index is 0.000000505. The summed E-state index contributed by atoms with van der Waals surface area (Å²) in [5.41, 5.74) is 0.386. The van der Waals surface area contributed by atoms with Gasteiger partial charge < -0.3 is 17.3 Å². The Labute approximate surface area is 134 Å². The highest BCUT2D eigenvalue weighted by molar-refractivity contribution is 6.50. The van der Waals surface area contributed by atoms with E-state index in [4.69, 9.17) is 0 Å². The zero-order valence-electron chi connectivity index (χ0n) is 12.1. The topological polar surface area (TPSA) is 64.1 Å². The molecule has 0 aliphatic rings. The lowest BCUT2D eigenvalue weighted by Gasteiger charge is -1.94. The van der Waals surface area contributed by atoms with Crippen LogP contribution in [0.15, 0.2) is 60.9 Å². The van der Waals surface area contributed by atoms with E-state index in [9.17, 15) is 32.2 Å². The number of nitro benzene ring substituents is 1. The molecule has 24 heavy (non-hydrogen) atoms. The van der Waals surface area contributed by atoms with Gasteiger partial charge in [0.2, 0.25) is 0 Å². The summed E-state index contributed by atoms with van der Waals surface area (Å²) < 4.78 is 40.7. The first-order valence-corrected chi connectivity index (χ1v) is 6.47. The van der Waals surface area contributed by atoms with Gasteiger partial charge in [-0.15, -0.1) is 0 Å². The van der Waals surface area contributed by atoms with Gasteiger partial charge in [0.1, 0.15) is 0 Å². The minimum atomic E-state index is -6.00. The molecule has 0 amide bonds. The summed E-state index contributed by atoms with van der Waals surface area (Å²) in [6.07, 6.45) is 6.66. The Hall–Kier alpha value is -3.04. The van der Waals surface area contributed by atoms with Crippen molar-refractivity contribution in [3.05, 3.63) is 76.6 Å². The van der Waals surface area contributed by atoms with Gasteiger partial charge in [-0.25, -0.2) is 0 Å². The number of ketones is 1. The fraction of sp³-hybridized carbons (Fsp3) is 0. The van der Waals surface area contributed by atoms with Crippen molar-refractivity contribution in [3.8, 4) is 0 Å². The van der Waals surface area contributed by atoms with Crippen molar-refractivity contribution in [2.24, 2.45) is 0 Å². The first kappa shape index (κ1) is 19.0. The molecule has 2 aromatic rings. The van der Waals surface area contributed by atoms with E-state index in [1.54, 1.807) is 23.2 Å². The quantitative estimate of drug-likeness (QED) is 0.162. The number of pyridine rings is 1. The van der Waals surface area contributed by atoms with E-state index < -0.39 is 12.2 Å². The molecular formula is C14H11BF4N2O3. The number of carbonyl (C=O) groups excluding carboxylic acids is 1. The minimum Gasteiger partial charge on any atom is -0.418 e. The maximum Gasteiger partial charge on any atom is 0.673 e. The van der Waals surface area contributed by atoms with E-state index in [0.29, 0.717) is 5.56 Å². The van der Waals surface area contributed by atoms with Crippen LogP contribution in [-0.2, 0) is 0 Å². The Kier molecular flexibility index (Phi) is 6.78. The van der Waals surface area contributed by atoms with Gasteiger partial charge >= 0.3 is 7.25 Å². The molecule has 0 atom stereocenters. The first-order valence-electron chi connectivity index (χ1n) is 6.47. The monoisotopic (exact) mass is 342 g/mol. The first-order chi connectivity index (χ1) is 11.2. The number of aromatic nitrogens is 1. The number of nitrogens with zero attached hydrogens (tertiary/aromatic N) is 2. The van der Waals surface area contributed by atoms with Crippen LogP contribution < -0.4 is 4.57 Å².